The van der Waals surface area contributed by atoms with Crippen LogP contribution in [0.4, 0.5) is 5.13 Å². The third kappa shape index (κ3) is 3.16. The van der Waals surface area contributed by atoms with Gasteiger partial charge in [0.1, 0.15) is 0 Å². The van der Waals surface area contributed by atoms with E-state index in [1.165, 1.54) is 11.3 Å². The van der Waals surface area contributed by atoms with Gasteiger partial charge in [-0.3, -0.25) is 4.79 Å². The fourth-order valence-corrected chi connectivity index (χ4v) is 1.99. The highest BCUT2D eigenvalue weighted by Crippen LogP contribution is 2.15. The van der Waals surface area contributed by atoms with Gasteiger partial charge in [0, 0.05) is 13.1 Å². The molecule has 1 aromatic heterocycles. The second-order valence-electron chi connectivity index (χ2n) is 3.89. The molecule has 6 heteroatoms. The Labute approximate surface area is 99.7 Å². The van der Waals surface area contributed by atoms with Crippen LogP contribution in [0.3, 0.4) is 0 Å². The van der Waals surface area contributed by atoms with Crippen molar-refractivity contribution in [1.82, 2.24) is 15.5 Å². The summed E-state index contributed by atoms with van der Waals surface area (Å²) >= 11 is 1.26. The van der Waals surface area contributed by atoms with Crippen LogP contribution in [0, 0.1) is 5.92 Å². The summed E-state index contributed by atoms with van der Waals surface area (Å²) in [5.41, 5.74) is 0. The fraction of sp³-hybridized carbons (Fsp3) is 0.700. The minimum atomic E-state index is -0.139. The molecule has 1 heterocycles. The van der Waals surface area contributed by atoms with E-state index in [0.717, 1.165) is 6.42 Å². The van der Waals surface area contributed by atoms with Crippen molar-refractivity contribution < 1.29 is 4.79 Å². The molecule has 0 aromatic carbocycles. The first-order valence-corrected chi connectivity index (χ1v) is 6.22. The molecule has 16 heavy (non-hydrogen) atoms. The zero-order valence-corrected chi connectivity index (χ0v) is 10.9. The molecule has 0 radical (unpaired) electrons. The largest absolute Gasteiger partial charge is 0.363 e. The molecule has 0 saturated heterocycles. The molecule has 0 aliphatic carbocycles. The summed E-state index contributed by atoms with van der Waals surface area (Å²) in [6, 6.07) is 0.189. The van der Waals surface area contributed by atoms with Gasteiger partial charge >= 0.3 is 0 Å². The summed E-state index contributed by atoms with van der Waals surface area (Å²) < 4.78 is 0. The monoisotopic (exact) mass is 242 g/mol. The zero-order valence-electron chi connectivity index (χ0n) is 10.1. The molecule has 0 fully saturated rings. The SMILES string of the molecule is CCC(NC(=O)c1nnc(NC)s1)C(C)C. The Morgan fingerprint density at radius 3 is 2.56 bits per heavy atom. The van der Waals surface area contributed by atoms with E-state index in [-0.39, 0.29) is 11.9 Å². The average Bonchev–Trinajstić information content (AvgIpc) is 2.73. The Balaban J connectivity index is 2.64. The summed E-state index contributed by atoms with van der Waals surface area (Å²) in [7, 11) is 1.76. The summed E-state index contributed by atoms with van der Waals surface area (Å²) in [6.45, 7) is 6.24. The van der Waals surface area contributed by atoms with Crippen LogP contribution in [-0.4, -0.2) is 29.2 Å². The molecule has 1 atom stereocenters. The van der Waals surface area contributed by atoms with Gasteiger partial charge in [0.15, 0.2) is 0 Å². The molecule has 1 unspecified atom stereocenters. The van der Waals surface area contributed by atoms with Gasteiger partial charge in [0.2, 0.25) is 10.1 Å². The number of amides is 1. The molecule has 0 spiro atoms. The van der Waals surface area contributed by atoms with Crippen molar-refractivity contribution in [3.63, 3.8) is 0 Å². The van der Waals surface area contributed by atoms with Crippen LogP contribution < -0.4 is 10.6 Å². The first kappa shape index (κ1) is 12.9. The summed E-state index contributed by atoms with van der Waals surface area (Å²) in [4.78, 5) is 11.8. The number of anilines is 1. The number of nitrogens with one attached hydrogen (secondary N) is 2. The molecule has 1 amide bonds. The quantitative estimate of drug-likeness (QED) is 0.825. The van der Waals surface area contributed by atoms with Gasteiger partial charge in [-0.05, 0) is 12.3 Å². The smallest absolute Gasteiger partial charge is 0.282 e. The van der Waals surface area contributed by atoms with Gasteiger partial charge in [-0.2, -0.15) is 0 Å². The maximum absolute atomic E-state index is 11.8. The van der Waals surface area contributed by atoms with Crippen LogP contribution in [0.2, 0.25) is 0 Å². The number of carbonyl (C=O) groups excluding carboxylic acids is 1. The zero-order chi connectivity index (χ0) is 12.1. The number of nitrogens with zero attached hydrogens (tertiary/aromatic N) is 2. The van der Waals surface area contributed by atoms with E-state index >= 15 is 0 Å². The van der Waals surface area contributed by atoms with E-state index in [1.807, 2.05) is 0 Å². The second kappa shape index (κ2) is 5.79. The normalized spacial score (nSPS) is 12.6. The maximum Gasteiger partial charge on any atom is 0.282 e. The highest BCUT2D eigenvalue weighted by Gasteiger charge is 2.18. The van der Waals surface area contributed by atoms with Crippen molar-refractivity contribution in [2.45, 2.75) is 33.2 Å². The molecule has 0 saturated carbocycles. The minimum absolute atomic E-state index is 0.139. The lowest BCUT2D eigenvalue weighted by atomic mass is 10.0. The lowest BCUT2D eigenvalue weighted by Gasteiger charge is -2.19. The Morgan fingerprint density at radius 1 is 1.44 bits per heavy atom. The first-order valence-electron chi connectivity index (χ1n) is 5.40. The van der Waals surface area contributed by atoms with Crippen molar-refractivity contribution in [2.75, 3.05) is 12.4 Å². The molecular weight excluding hydrogens is 224 g/mol. The lowest BCUT2D eigenvalue weighted by molar-refractivity contribution is 0.0923. The number of rotatable bonds is 5. The van der Waals surface area contributed by atoms with E-state index in [9.17, 15) is 4.79 Å². The maximum atomic E-state index is 11.8. The van der Waals surface area contributed by atoms with Crippen LogP contribution in [0.5, 0.6) is 0 Å². The van der Waals surface area contributed by atoms with E-state index < -0.39 is 0 Å². The molecule has 90 valence electrons. The number of hydrogen-bond acceptors (Lipinski definition) is 5. The Kier molecular flexibility index (Phi) is 4.67. The van der Waals surface area contributed by atoms with Gasteiger partial charge in [0.25, 0.3) is 5.91 Å². The molecule has 0 bridgehead atoms. The average molecular weight is 242 g/mol. The molecule has 1 rings (SSSR count). The molecule has 1 aromatic rings. The predicted octanol–water partition coefficient (Wildman–Crippen LogP) is 1.74. The van der Waals surface area contributed by atoms with Gasteiger partial charge in [-0.25, -0.2) is 0 Å². The van der Waals surface area contributed by atoms with Gasteiger partial charge < -0.3 is 10.6 Å². The highest BCUT2D eigenvalue weighted by atomic mass is 32.1. The van der Waals surface area contributed by atoms with Crippen molar-refractivity contribution >= 4 is 22.4 Å². The third-order valence-corrected chi connectivity index (χ3v) is 3.33. The standard InChI is InChI=1S/C10H18N4OS/c1-5-7(6(2)3)12-8(15)9-13-14-10(11-4)16-9/h6-7H,5H2,1-4H3,(H,11,14)(H,12,15). The topological polar surface area (TPSA) is 66.9 Å². The van der Waals surface area contributed by atoms with Crippen LogP contribution in [0.1, 0.15) is 37.0 Å². The first-order chi connectivity index (χ1) is 7.58. The number of carbonyl (C=O) groups is 1. The van der Waals surface area contributed by atoms with Crippen molar-refractivity contribution in [3.05, 3.63) is 5.01 Å². The Hall–Kier alpha value is -1.17. The Morgan fingerprint density at radius 2 is 2.12 bits per heavy atom. The third-order valence-electron chi connectivity index (χ3n) is 2.39. The Bertz CT molecular complexity index is 350. The summed E-state index contributed by atoms with van der Waals surface area (Å²) in [5.74, 6) is 0.283. The molecule has 2 N–H and O–H groups in total. The fourth-order valence-electron chi connectivity index (χ4n) is 1.39. The number of hydrogen-bond donors (Lipinski definition) is 2. The van der Waals surface area contributed by atoms with Crippen LogP contribution in [0.25, 0.3) is 0 Å². The van der Waals surface area contributed by atoms with E-state index in [4.69, 9.17) is 0 Å². The van der Waals surface area contributed by atoms with Gasteiger partial charge in [0.05, 0.1) is 0 Å². The van der Waals surface area contributed by atoms with E-state index in [0.29, 0.717) is 16.1 Å². The number of aromatic nitrogens is 2. The van der Waals surface area contributed by atoms with Gasteiger partial charge in [-0.15, -0.1) is 10.2 Å². The lowest BCUT2D eigenvalue weighted by Crippen LogP contribution is -2.37. The van der Waals surface area contributed by atoms with Crippen LogP contribution >= 0.6 is 11.3 Å². The van der Waals surface area contributed by atoms with Crippen LogP contribution in [0.15, 0.2) is 0 Å². The molecule has 0 aliphatic rings. The van der Waals surface area contributed by atoms with Crippen molar-refractivity contribution in [1.29, 1.82) is 0 Å². The molecular formula is C10H18N4OS. The van der Waals surface area contributed by atoms with E-state index in [1.54, 1.807) is 7.05 Å². The van der Waals surface area contributed by atoms with Crippen molar-refractivity contribution in [2.24, 2.45) is 5.92 Å². The molecule has 5 nitrogen and oxygen atoms in total. The van der Waals surface area contributed by atoms with Crippen LogP contribution in [-0.2, 0) is 0 Å². The second-order valence-corrected chi connectivity index (χ2v) is 4.87. The summed E-state index contributed by atoms with van der Waals surface area (Å²) in [5, 5.41) is 14.5. The molecule has 0 aliphatic heterocycles. The van der Waals surface area contributed by atoms with Crippen molar-refractivity contribution in [3.8, 4) is 0 Å². The predicted molar refractivity (Wildman–Crippen MR) is 65.8 cm³/mol. The van der Waals surface area contributed by atoms with E-state index in [2.05, 4.69) is 41.6 Å². The minimum Gasteiger partial charge on any atom is -0.363 e. The highest BCUT2D eigenvalue weighted by molar-refractivity contribution is 7.17. The van der Waals surface area contributed by atoms with Gasteiger partial charge in [-0.1, -0.05) is 32.1 Å². The summed E-state index contributed by atoms with van der Waals surface area (Å²) in [6.07, 6.45) is 0.918.